The summed E-state index contributed by atoms with van der Waals surface area (Å²) >= 11 is 0. The van der Waals surface area contributed by atoms with E-state index >= 15 is 8.78 Å². The van der Waals surface area contributed by atoms with E-state index in [-0.39, 0.29) is 84.1 Å². The molecule has 3 amide bonds. The van der Waals surface area contributed by atoms with E-state index in [2.05, 4.69) is 25.7 Å². The zero-order valence-electron chi connectivity index (χ0n) is 33.0. The number of quaternary nitrogens is 1. The number of amides is 3. The molecular weight excluding hydrogens is 795 g/mol. The van der Waals surface area contributed by atoms with Gasteiger partial charge in [-0.05, 0) is 36.4 Å². The molecule has 3 aliphatic rings. The number of H-pyrrole nitrogens is 2. The fourth-order valence-electron chi connectivity index (χ4n) is 8.32. The first-order valence-electron chi connectivity index (χ1n) is 19.6. The lowest BCUT2D eigenvalue weighted by molar-refractivity contribution is -0.929. The normalized spacial score (nSPS) is 19.8. The number of nitrogens with one attached hydrogen (secondary N) is 4. The van der Waals surface area contributed by atoms with Crippen LogP contribution in [0.3, 0.4) is 0 Å². The fourth-order valence-corrected chi connectivity index (χ4v) is 8.32. The maximum Gasteiger partial charge on any atom is 0.433 e. The fraction of sp³-hybridized carbons (Fsp3) is 0.450. The van der Waals surface area contributed by atoms with Crippen LogP contribution in [0.5, 0.6) is 0 Å². The summed E-state index contributed by atoms with van der Waals surface area (Å²) < 4.78 is 72.9. The molecule has 3 fully saturated rings. The maximum atomic E-state index is 15.4. The second-order valence-corrected chi connectivity index (χ2v) is 16.0. The Balaban J connectivity index is 0.939. The van der Waals surface area contributed by atoms with Gasteiger partial charge in [-0.25, -0.2) is 18.6 Å². The maximum absolute atomic E-state index is 15.4. The van der Waals surface area contributed by atoms with Gasteiger partial charge in [-0.3, -0.25) is 19.5 Å². The molecule has 2 aromatic heterocycles. The average molecular weight is 842 g/mol. The SMILES string of the molecule is CN(C)c1ccc(-c2n[nH]c(C(F)(F)F)c2Cc2cnc(C(=O)Nc3ccc(C(=O)N4CCN(C(=O)C5CC[N+](CC(=O)O)(CC6CNC6)CC5)CC4)c(F)c3)[nH]2)c(F)c1. The molecule has 5 heterocycles. The third kappa shape index (κ3) is 9.13. The number of carbonyl (C=O) groups is 4. The van der Waals surface area contributed by atoms with E-state index in [1.54, 1.807) is 30.0 Å². The number of likely N-dealkylation sites (tertiary alicyclic amines) is 1. The number of halogens is 5. The lowest BCUT2D eigenvalue weighted by atomic mass is 9.90. The van der Waals surface area contributed by atoms with Crippen LogP contribution in [0.4, 0.5) is 33.3 Å². The van der Waals surface area contributed by atoms with Gasteiger partial charge in [0.25, 0.3) is 11.8 Å². The van der Waals surface area contributed by atoms with E-state index < -0.39 is 47.7 Å². The summed E-state index contributed by atoms with van der Waals surface area (Å²) in [6, 6.07) is 7.58. The predicted molar refractivity (Wildman–Crippen MR) is 208 cm³/mol. The standard InChI is InChI=1S/C40H45F5N10O5/c1-52(2)27-4-6-28(32(42)17-27)34-30(35(51-50-34)40(43,44)45)15-26-20-47-36(48-26)37(58)49-25-3-5-29(31(41)16-25)39(60)54-11-9-53(10-12-54)38(59)24-7-13-55(14-8-24,22-33(56)57)21-23-18-46-19-23/h3-6,16-17,20,23-24,46H,7-15,18-19,21-22H2,1-2H3,(H3-,47,48,49,50,51,56,57,58,60)/p+1. The lowest BCUT2D eigenvalue weighted by Gasteiger charge is -2.46. The number of piperidine rings is 1. The summed E-state index contributed by atoms with van der Waals surface area (Å²) in [6.07, 6.45) is -2.97. The van der Waals surface area contributed by atoms with Crippen molar-refractivity contribution in [1.29, 1.82) is 0 Å². The van der Waals surface area contributed by atoms with Crippen molar-refractivity contribution >= 4 is 35.1 Å². The van der Waals surface area contributed by atoms with Crippen molar-refractivity contribution in [2.75, 3.05) is 89.8 Å². The summed E-state index contributed by atoms with van der Waals surface area (Å²) in [4.78, 5) is 63.0. The molecule has 0 atom stereocenters. The summed E-state index contributed by atoms with van der Waals surface area (Å²) in [5.74, 6) is -4.06. The Labute approximate surface area is 341 Å². The van der Waals surface area contributed by atoms with E-state index in [0.29, 0.717) is 42.0 Å². The molecule has 4 aromatic rings. The molecule has 2 aromatic carbocycles. The Morgan fingerprint density at radius 3 is 2.27 bits per heavy atom. The van der Waals surface area contributed by atoms with Crippen molar-refractivity contribution in [3.63, 3.8) is 0 Å². The molecule has 7 rings (SSSR count). The smallest absolute Gasteiger partial charge is 0.433 e. The molecule has 0 radical (unpaired) electrons. The first kappa shape index (κ1) is 42.2. The number of carboxylic acid groups (broad SMARTS) is 1. The highest BCUT2D eigenvalue weighted by Crippen LogP contribution is 2.37. The second kappa shape index (κ2) is 17.0. The van der Waals surface area contributed by atoms with Crippen LogP contribution in [0.2, 0.25) is 0 Å². The number of aliphatic carboxylic acids is 1. The Morgan fingerprint density at radius 2 is 1.67 bits per heavy atom. The minimum absolute atomic E-state index is 0.0154. The Morgan fingerprint density at radius 1 is 0.967 bits per heavy atom. The molecule has 0 spiro atoms. The summed E-state index contributed by atoms with van der Waals surface area (Å²) in [5.41, 5.74) is -1.65. The molecule has 3 saturated heterocycles. The number of carbonyl (C=O) groups excluding carboxylic acids is 3. The lowest BCUT2D eigenvalue weighted by Crippen LogP contribution is -2.62. The number of aromatic nitrogens is 4. The predicted octanol–water partition coefficient (Wildman–Crippen LogP) is 3.82. The molecule has 3 aliphatic heterocycles. The van der Waals surface area contributed by atoms with Crippen molar-refractivity contribution in [1.82, 2.24) is 35.3 Å². The van der Waals surface area contributed by atoms with Gasteiger partial charge < -0.3 is 39.9 Å². The summed E-state index contributed by atoms with van der Waals surface area (Å²) in [6.45, 7) is 4.71. The summed E-state index contributed by atoms with van der Waals surface area (Å²) in [5, 5.41) is 21.0. The van der Waals surface area contributed by atoms with Crippen molar-refractivity contribution < 1.29 is 50.7 Å². The van der Waals surface area contributed by atoms with Crippen molar-refractivity contribution in [3.8, 4) is 11.3 Å². The van der Waals surface area contributed by atoms with Gasteiger partial charge in [0.05, 0.1) is 30.9 Å². The van der Waals surface area contributed by atoms with Crippen LogP contribution < -0.4 is 15.5 Å². The minimum Gasteiger partial charge on any atom is -0.477 e. The molecule has 20 heteroatoms. The van der Waals surface area contributed by atoms with E-state index in [1.165, 1.54) is 29.2 Å². The van der Waals surface area contributed by atoms with Crippen molar-refractivity contribution in [2.24, 2.45) is 11.8 Å². The Bertz CT molecular complexity index is 2260. The second-order valence-electron chi connectivity index (χ2n) is 16.0. The van der Waals surface area contributed by atoms with Crippen molar-refractivity contribution in [2.45, 2.75) is 25.4 Å². The molecular formula is C40H46F5N10O5+. The van der Waals surface area contributed by atoms with Gasteiger partial charge in [0, 0.05) is 119 Å². The third-order valence-electron chi connectivity index (χ3n) is 11.7. The number of benzene rings is 2. The van der Waals surface area contributed by atoms with Crippen LogP contribution in [-0.4, -0.2) is 143 Å². The van der Waals surface area contributed by atoms with Gasteiger partial charge in [-0.2, -0.15) is 18.3 Å². The molecule has 60 heavy (non-hydrogen) atoms. The highest BCUT2D eigenvalue weighted by Gasteiger charge is 2.42. The summed E-state index contributed by atoms with van der Waals surface area (Å²) in [7, 11) is 3.38. The topological polar surface area (TPSA) is 180 Å². The van der Waals surface area contributed by atoms with Gasteiger partial charge >= 0.3 is 12.1 Å². The number of imidazole rings is 1. The zero-order chi connectivity index (χ0) is 42.9. The van der Waals surface area contributed by atoms with Crippen LogP contribution in [0.15, 0.2) is 42.6 Å². The number of rotatable bonds is 12. The molecule has 0 aliphatic carbocycles. The van der Waals surface area contributed by atoms with E-state index in [0.717, 1.165) is 31.9 Å². The molecule has 0 saturated carbocycles. The van der Waals surface area contributed by atoms with Gasteiger partial charge in [-0.15, -0.1) is 0 Å². The Kier molecular flexibility index (Phi) is 12.0. The number of hydrogen-bond acceptors (Lipinski definition) is 8. The first-order chi connectivity index (χ1) is 28.5. The molecule has 0 unspecified atom stereocenters. The van der Waals surface area contributed by atoms with Crippen LogP contribution in [0.1, 0.15) is 50.8 Å². The largest absolute Gasteiger partial charge is 0.477 e. The molecule has 320 valence electrons. The number of carboxylic acids is 1. The first-order valence-corrected chi connectivity index (χ1v) is 19.6. The number of hydrogen-bond donors (Lipinski definition) is 5. The van der Waals surface area contributed by atoms with E-state index in [1.807, 2.05) is 5.10 Å². The molecule has 5 N–H and O–H groups in total. The van der Waals surface area contributed by atoms with E-state index in [9.17, 15) is 37.5 Å². The Hall–Kier alpha value is -5.89. The number of aromatic amines is 2. The third-order valence-corrected chi connectivity index (χ3v) is 11.7. The highest BCUT2D eigenvalue weighted by molar-refractivity contribution is 6.02. The quantitative estimate of drug-likeness (QED) is 0.105. The van der Waals surface area contributed by atoms with Crippen LogP contribution in [-0.2, 0) is 22.2 Å². The van der Waals surface area contributed by atoms with E-state index in [4.69, 9.17) is 0 Å². The number of piperazine rings is 1. The molecule has 15 nitrogen and oxygen atoms in total. The number of alkyl halides is 3. The number of anilines is 2. The van der Waals surface area contributed by atoms with Gasteiger partial charge in [-0.1, -0.05) is 0 Å². The van der Waals surface area contributed by atoms with Crippen molar-refractivity contribution in [3.05, 3.63) is 82.6 Å². The molecule has 0 bridgehead atoms. The zero-order valence-corrected chi connectivity index (χ0v) is 33.0. The van der Waals surface area contributed by atoms with Gasteiger partial charge in [0.1, 0.15) is 17.3 Å². The van der Waals surface area contributed by atoms with Gasteiger partial charge in [0.2, 0.25) is 5.91 Å². The van der Waals surface area contributed by atoms with Crippen LogP contribution in [0, 0.1) is 23.5 Å². The highest BCUT2D eigenvalue weighted by atomic mass is 19.4. The van der Waals surface area contributed by atoms with Gasteiger partial charge in [0.15, 0.2) is 12.4 Å². The number of nitrogens with zero attached hydrogens (tertiary/aromatic N) is 6. The minimum atomic E-state index is -4.85. The van der Waals surface area contributed by atoms with Crippen LogP contribution >= 0.6 is 0 Å². The average Bonchev–Trinajstić information content (AvgIpc) is 3.84. The van der Waals surface area contributed by atoms with Crippen LogP contribution in [0.25, 0.3) is 11.3 Å². The monoisotopic (exact) mass is 841 g/mol.